The minimum atomic E-state index is -3.65. The second-order valence-electron chi connectivity index (χ2n) is 5.80. The second-order valence-corrected chi connectivity index (χ2v) is 7.48. The quantitative estimate of drug-likeness (QED) is 0.908. The van der Waals surface area contributed by atoms with Gasteiger partial charge in [-0.3, -0.25) is 0 Å². The predicted molar refractivity (Wildman–Crippen MR) is 85.8 cm³/mol. The van der Waals surface area contributed by atoms with Crippen LogP contribution in [0.3, 0.4) is 0 Å². The zero-order chi connectivity index (χ0) is 16.4. The predicted octanol–water partition coefficient (Wildman–Crippen LogP) is 2.88. The SMILES string of the molecule is COc1ccc(-c2cc(C)no2)cc1S(=O)(=O)NC1CCCC1. The summed E-state index contributed by atoms with van der Waals surface area (Å²) >= 11 is 0. The molecular formula is C16H20N2O4S. The summed E-state index contributed by atoms with van der Waals surface area (Å²) < 4.78 is 38.7. The molecule has 0 unspecified atom stereocenters. The molecule has 7 heteroatoms. The molecule has 2 aromatic rings. The Bertz CT molecular complexity index is 792. The van der Waals surface area contributed by atoms with Gasteiger partial charge in [0.1, 0.15) is 10.6 Å². The van der Waals surface area contributed by atoms with Gasteiger partial charge < -0.3 is 9.26 Å². The first kappa shape index (κ1) is 16.0. The molecule has 6 nitrogen and oxygen atoms in total. The largest absolute Gasteiger partial charge is 0.495 e. The summed E-state index contributed by atoms with van der Waals surface area (Å²) in [7, 11) is -2.19. The molecule has 0 atom stereocenters. The van der Waals surface area contributed by atoms with Crippen LogP contribution in [0.25, 0.3) is 11.3 Å². The molecule has 0 aliphatic heterocycles. The van der Waals surface area contributed by atoms with Crippen LogP contribution in [0.15, 0.2) is 33.7 Å². The van der Waals surface area contributed by atoms with Gasteiger partial charge in [0.25, 0.3) is 0 Å². The van der Waals surface area contributed by atoms with Crippen LogP contribution in [0.2, 0.25) is 0 Å². The van der Waals surface area contributed by atoms with Crippen LogP contribution in [-0.2, 0) is 10.0 Å². The molecule has 1 saturated carbocycles. The van der Waals surface area contributed by atoms with Gasteiger partial charge in [-0.2, -0.15) is 0 Å². The molecule has 1 aliphatic carbocycles. The molecule has 0 radical (unpaired) electrons. The van der Waals surface area contributed by atoms with E-state index in [0.717, 1.165) is 31.4 Å². The van der Waals surface area contributed by atoms with Crippen molar-refractivity contribution >= 4 is 10.0 Å². The lowest BCUT2D eigenvalue weighted by Crippen LogP contribution is -2.32. The van der Waals surface area contributed by atoms with Crippen molar-refractivity contribution in [1.29, 1.82) is 0 Å². The summed E-state index contributed by atoms with van der Waals surface area (Å²) in [5.74, 6) is 0.845. The average Bonchev–Trinajstić information content (AvgIpc) is 3.18. The van der Waals surface area contributed by atoms with Crippen molar-refractivity contribution in [2.45, 2.75) is 43.5 Å². The van der Waals surface area contributed by atoms with E-state index in [2.05, 4.69) is 9.88 Å². The minimum absolute atomic E-state index is 0.000820. The third kappa shape index (κ3) is 3.40. The Labute approximate surface area is 135 Å². The lowest BCUT2D eigenvalue weighted by atomic mass is 10.1. The Kier molecular flexibility index (Phi) is 4.41. The highest BCUT2D eigenvalue weighted by Gasteiger charge is 2.26. The molecule has 0 bridgehead atoms. The number of hydrogen-bond donors (Lipinski definition) is 1. The zero-order valence-electron chi connectivity index (χ0n) is 13.2. The van der Waals surface area contributed by atoms with Gasteiger partial charge in [0.05, 0.1) is 12.8 Å². The molecule has 1 heterocycles. The summed E-state index contributed by atoms with van der Waals surface area (Å²) in [6.45, 7) is 1.82. The first-order chi connectivity index (χ1) is 11.0. The number of rotatable bonds is 5. The Morgan fingerprint density at radius 1 is 1.26 bits per heavy atom. The van der Waals surface area contributed by atoms with E-state index in [1.807, 2.05) is 6.92 Å². The number of nitrogens with zero attached hydrogens (tertiary/aromatic N) is 1. The van der Waals surface area contributed by atoms with Crippen molar-refractivity contribution < 1.29 is 17.7 Å². The number of nitrogens with one attached hydrogen (secondary N) is 1. The second kappa shape index (κ2) is 6.33. The minimum Gasteiger partial charge on any atom is -0.495 e. The highest BCUT2D eigenvalue weighted by Crippen LogP contribution is 2.31. The number of benzene rings is 1. The summed E-state index contributed by atoms with van der Waals surface area (Å²) in [5.41, 5.74) is 1.39. The Hall–Kier alpha value is -1.86. The van der Waals surface area contributed by atoms with Gasteiger partial charge in [0.2, 0.25) is 10.0 Å². The van der Waals surface area contributed by atoms with E-state index in [1.54, 1.807) is 24.3 Å². The summed E-state index contributed by atoms with van der Waals surface area (Å²) in [5, 5.41) is 3.84. The van der Waals surface area contributed by atoms with Gasteiger partial charge in [-0.25, -0.2) is 13.1 Å². The van der Waals surface area contributed by atoms with E-state index in [4.69, 9.17) is 9.26 Å². The normalized spacial score (nSPS) is 15.9. The van der Waals surface area contributed by atoms with Gasteiger partial charge in [-0.1, -0.05) is 18.0 Å². The summed E-state index contributed by atoms with van der Waals surface area (Å²) in [6.07, 6.45) is 3.87. The van der Waals surface area contributed by atoms with Crippen molar-refractivity contribution in [2.24, 2.45) is 0 Å². The maximum Gasteiger partial charge on any atom is 0.244 e. The number of hydrogen-bond acceptors (Lipinski definition) is 5. The average molecular weight is 336 g/mol. The van der Waals surface area contributed by atoms with E-state index in [-0.39, 0.29) is 10.9 Å². The van der Waals surface area contributed by atoms with Gasteiger partial charge in [0.15, 0.2) is 5.76 Å². The van der Waals surface area contributed by atoms with E-state index < -0.39 is 10.0 Å². The first-order valence-electron chi connectivity index (χ1n) is 7.63. The van der Waals surface area contributed by atoms with Crippen LogP contribution in [0.5, 0.6) is 5.75 Å². The van der Waals surface area contributed by atoms with Crippen LogP contribution in [-0.4, -0.2) is 26.7 Å². The molecule has 23 heavy (non-hydrogen) atoms. The maximum atomic E-state index is 12.7. The van der Waals surface area contributed by atoms with Gasteiger partial charge in [0, 0.05) is 17.7 Å². The van der Waals surface area contributed by atoms with Crippen LogP contribution in [0.1, 0.15) is 31.4 Å². The topological polar surface area (TPSA) is 81.4 Å². The Balaban J connectivity index is 1.98. The molecule has 1 aromatic carbocycles. The zero-order valence-corrected chi connectivity index (χ0v) is 14.0. The maximum absolute atomic E-state index is 12.7. The van der Waals surface area contributed by atoms with Crippen molar-refractivity contribution in [2.75, 3.05) is 7.11 Å². The molecule has 0 saturated heterocycles. The molecule has 0 amide bonds. The van der Waals surface area contributed by atoms with Gasteiger partial charge in [-0.05, 0) is 38.0 Å². The van der Waals surface area contributed by atoms with Crippen molar-refractivity contribution in [3.05, 3.63) is 30.0 Å². The number of methoxy groups -OCH3 is 1. The standard InChI is InChI=1S/C16H20N2O4S/c1-11-9-15(22-17-11)12-7-8-14(21-2)16(10-12)23(19,20)18-13-5-3-4-6-13/h7-10,13,18H,3-6H2,1-2H3. The molecule has 1 aliphatic rings. The first-order valence-corrected chi connectivity index (χ1v) is 9.12. The molecule has 124 valence electrons. The Morgan fingerprint density at radius 2 is 2.00 bits per heavy atom. The number of aromatic nitrogens is 1. The lowest BCUT2D eigenvalue weighted by Gasteiger charge is -2.15. The molecule has 1 aromatic heterocycles. The van der Waals surface area contributed by atoms with Gasteiger partial charge in [-0.15, -0.1) is 0 Å². The fraction of sp³-hybridized carbons (Fsp3) is 0.438. The van der Waals surface area contributed by atoms with E-state index in [1.165, 1.54) is 7.11 Å². The van der Waals surface area contributed by atoms with Crippen LogP contribution >= 0.6 is 0 Å². The summed E-state index contributed by atoms with van der Waals surface area (Å²) in [6, 6.07) is 6.73. The van der Waals surface area contributed by atoms with E-state index in [0.29, 0.717) is 17.1 Å². The monoisotopic (exact) mass is 336 g/mol. The van der Waals surface area contributed by atoms with Crippen molar-refractivity contribution in [1.82, 2.24) is 9.88 Å². The van der Waals surface area contributed by atoms with Crippen molar-refractivity contribution in [3.8, 4) is 17.1 Å². The number of sulfonamides is 1. The van der Waals surface area contributed by atoms with Crippen molar-refractivity contribution in [3.63, 3.8) is 0 Å². The fourth-order valence-electron chi connectivity index (χ4n) is 2.87. The highest BCUT2D eigenvalue weighted by molar-refractivity contribution is 7.89. The molecule has 3 rings (SSSR count). The van der Waals surface area contributed by atoms with Crippen LogP contribution < -0.4 is 9.46 Å². The molecule has 1 fully saturated rings. The summed E-state index contributed by atoms with van der Waals surface area (Å²) in [4.78, 5) is 0.124. The third-order valence-corrected chi connectivity index (χ3v) is 5.58. The molecule has 1 N–H and O–H groups in total. The van der Waals surface area contributed by atoms with E-state index in [9.17, 15) is 8.42 Å². The number of ether oxygens (including phenoxy) is 1. The highest BCUT2D eigenvalue weighted by atomic mass is 32.2. The Morgan fingerprint density at radius 3 is 2.61 bits per heavy atom. The van der Waals surface area contributed by atoms with Crippen LogP contribution in [0.4, 0.5) is 0 Å². The molecule has 0 spiro atoms. The third-order valence-electron chi connectivity index (χ3n) is 4.04. The number of aryl methyl sites for hydroxylation is 1. The smallest absolute Gasteiger partial charge is 0.244 e. The van der Waals surface area contributed by atoms with Gasteiger partial charge >= 0.3 is 0 Å². The van der Waals surface area contributed by atoms with Crippen LogP contribution in [0, 0.1) is 6.92 Å². The van der Waals surface area contributed by atoms with E-state index >= 15 is 0 Å². The fourth-order valence-corrected chi connectivity index (χ4v) is 4.37. The lowest BCUT2D eigenvalue weighted by molar-refractivity contribution is 0.401. The molecular weight excluding hydrogens is 316 g/mol.